The number of fused-ring (bicyclic) bond motifs is 4. The van der Waals surface area contributed by atoms with Gasteiger partial charge in [0.05, 0.1) is 11.7 Å². The molecule has 1 aromatic carbocycles. The molecule has 2 aliphatic heterocycles. The summed E-state index contributed by atoms with van der Waals surface area (Å²) in [5, 5.41) is 28.6. The molecule has 10 nitrogen and oxygen atoms in total. The lowest BCUT2D eigenvalue weighted by molar-refractivity contribution is -0.121. The largest absolute Gasteiger partial charge is 0.370 e. The molecular weight excluding hydrogens is 507 g/mol. The quantitative estimate of drug-likeness (QED) is 0.331. The summed E-state index contributed by atoms with van der Waals surface area (Å²) in [6, 6.07) is 8.83. The molecule has 1 saturated heterocycles. The van der Waals surface area contributed by atoms with Gasteiger partial charge in [-0.2, -0.15) is 9.61 Å². The van der Waals surface area contributed by atoms with E-state index in [9.17, 15) is 19.8 Å². The van der Waals surface area contributed by atoms with Gasteiger partial charge in [-0.1, -0.05) is 18.6 Å². The van der Waals surface area contributed by atoms with Gasteiger partial charge in [0.1, 0.15) is 11.5 Å². The molecule has 3 aliphatic rings. The van der Waals surface area contributed by atoms with Crippen molar-refractivity contribution in [2.24, 2.45) is 0 Å². The van der Waals surface area contributed by atoms with Crippen LogP contribution in [0, 0.1) is 0 Å². The normalized spacial score (nSPS) is 21.2. The molecule has 0 spiro atoms. The molecule has 3 N–H and O–H groups in total. The summed E-state index contributed by atoms with van der Waals surface area (Å²) in [5.41, 5.74) is 1.92. The van der Waals surface area contributed by atoms with Gasteiger partial charge in [0.2, 0.25) is 5.91 Å². The third kappa shape index (κ3) is 5.08. The number of amides is 2. The van der Waals surface area contributed by atoms with Crippen LogP contribution in [0.1, 0.15) is 89.8 Å². The summed E-state index contributed by atoms with van der Waals surface area (Å²) in [6.45, 7) is 1.66. The first kappa shape index (κ1) is 26.8. The Hall–Kier alpha value is -3.44. The average Bonchev–Trinajstić information content (AvgIpc) is 3.33. The molecule has 11 heteroatoms. The van der Waals surface area contributed by atoms with Crippen LogP contribution in [0.4, 0.5) is 5.82 Å². The minimum atomic E-state index is -2.09. The fourth-order valence-electron chi connectivity index (χ4n) is 6.08. The molecular formula is C29H37BN6O4. The molecule has 2 amide bonds. The number of hydrogen-bond acceptors (Lipinski definition) is 7. The smallest absolute Gasteiger partial charge is 0.254 e. The molecule has 6 rings (SSSR count). The molecule has 4 heterocycles. The van der Waals surface area contributed by atoms with Crippen molar-refractivity contribution >= 4 is 31.1 Å². The van der Waals surface area contributed by atoms with E-state index in [1.165, 1.54) is 14.3 Å². The number of aliphatic hydroxyl groups is 2. The number of aryl methyl sites for hydroxylation is 1. The third-order valence-electron chi connectivity index (χ3n) is 8.74. The molecule has 2 bridgehead atoms. The molecule has 1 aliphatic carbocycles. The van der Waals surface area contributed by atoms with Crippen LogP contribution < -0.4 is 10.2 Å². The van der Waals surface area contributed by atoms with Crippen molar-refractivity contribution in [3.8, 4) is 0 Å². The number of carbonyl (C=O) groups excluding carboxylic acids is 2. The Kier molecular flexibility index (Phi) is 7.04. The van der Waals surface area contributed by atoms with E-state index in [1.54, 1.807) is 18.2 Å². The predicted molar refractivity (Wildman–Crippen MR) is 153 cm³/mol. The summed E-state index contributed by atoms with van der Waals surface area (Å²) < 4.78 is 1.87. The fourth-order valence-corrected chi connectivity index (χ4v) is 6.08. The van der Waals surface area contributed by atoms with Gasteiger partial charge >= 0.3 is 0 Å². The first-order valence-corrected chi connectivity index (χ1v) is 14.5. The first-order chi connectivity index (χ1) is 19.2. The van der Waals surface area contributed by atoms with Crippen LogP contribution in [0.3, 0.4) is 0 Å². The van der Waals surface area contributed by atoms with Gasteiger partial charge < -0.3 is 25.3 Å². The zero-order valence-corrected chi connectivity index (χ0v) is 23.3. The molecule has 1 unspecified atom stereocenters. The maximum absolute atomic E-state index is 14.2. The van der Waals surface area contributed by atoms with E-state index in [1.807, 2.05) is 22.5 Å². The van der Waals surface area contributed by atoms with Gasteiger partial charge in [0.15, 0.2) is 13.5 Å². The second-order valence-electron chi connectivity index (χ2n) is 11.7. The Labute approximate surface area is 234 Å². The Morgan fingerprint density at radius 2 is 1.82 bits per heavy atom. The summed E-state index contributed by atoms with van der Waals surface area (Å²) in [7, 11) is 3.29. The van der Waals surface area contributed by atoms with E-state index in [-0.39, 0.29) is 29.8 Å². The summed E-state index contributed by atoms with van der Waals surface area (Å²) >= 11 is 0. The van der Waals surface area contributed by atoms with Crippen LogP contribution in [0.2, 0.25) is 0 Å². The molecule has 0 radical (unpaired) electrons. The average molecular weight is 544 g/mol. The van der Waals surface area contributed by atoms with Crippen molar-refractivity contribution < 1.29 is 19.8 Å². The van der Waals surface area contributed by atoms with Crippen molar-refractivity contribution in [3.63, 3.8) is 0 Å². The van der Waals surface area contributed by atoms with E-state index in [2.05, 4.69) is 16.3 Å². The number of rotatable bonds is 2. The number of nitrogens with zero attached hydrogens (tertiary/aromatic N) is 5. The van der Waals surface area contributed by atoms with Gasteiger partial charge in [-0.05, 0) is 50.2 Å². The number of nitrogens with one attached hydrogen (secondary N) is 1. The van der Waals surface area contributed by atoms with E-state index < -0.39 is 5.69 Å². The maximum Gasteiger partial charge on any atom is 0.254 e. The number of hydrogen-bond donors (Lipinski definition) is 3. The number of aromatic nitrogens is 3. The van der Waals surface area contributed by atoms with Crippen molar-refractivity contribution in [1.29, 1.82) is 0 Å². The van der Waals surface area contributed by atoms with Gasteiger partial charge in [-0.15, -0.1) is 0 Å². The predicted octanol–water partition coefficient (Wildman–Crippen LogP) is 1.59. The Balaban J connectivity index is 1.47. The van der Waals surface area contributed by atoms with Crippen molar-refractivity contribution in [1.82, 2.24) is 24.8 Å². The highest BCUT2D eigenvalue weighted by Crippen LogP contribution is 2.38. The van der Waals surface area contributed by atoms with Crippen LogP contribution in [-0.4, -0.2) is 76.1 Å². The SMILES string of the molecule is BC(O)(O)c1ccc2c(c1)C(=O)N1CCCCC1c1cc3nc(C4CCC4)cc(n3n1)N(C)CCNC(=O)CC2. The fraction of sp³-hybridized carbons (Fsp3) is 0.517. The van der Waals surface area contributed by atoms with Gasteiger partial charge in [-0.3, -0.25) is 9.59 Å². The first-order valence-electron chi connectivity index (χ1n) is 14.5. The zero-order valence-electron chi connectivity index (χ0n) is 23.3. The Morgan fingerprint density at radius 1 is 1.00 bits per heavy atom. The second-order valence-corrected chi connectivity index (χ2v) is 11.7. The topological polar surface area (TPSA) is 123 Å². The summed E-state index contributed by atoms with van der Waals surface area (Å²) in [4.78, 5) is 35.9. The number of carbonyl (C=O) groups is 2. The Morgan fingerprint density at radius 3 is 2.58 bits per heavy atom. The van der Waals surface area contributed by atoms with Crippen LogP contribution >= 0.6 is 0 Å². The second kappa shape index (κ2) is 10.5. The van der Waals surface area contributed by atoms with E-state index >= 15 is 0 Å². The lowest BCUT2D eigenvalue weighted by Gasteiger charge is -2.35. The lowest BCUT2D eigenvalue weighted by Crippen LogP contribution is -2.39. The van der Waals surface area contributed by atoms with Crippen molar-refractivity contribution in [2.45, 2.75) is 69.0 Å². The minimum absolute atomic E-state index is 0.0932. The van der Waals surface area contributed by atoms with Crippen LogP contribution in [0.15, 0.2) is 30.3 Å². The summed E-state index contributed by atoms with van der Waals surface area (Å²) in [5.74, 6) is 1.10. The lowest BCUT2D eigenvalue weighted by atomic mass is 9.83. The molecule has 2 aromatic heterocycles. The maximum atomic E-state index is 14.2. The van der Waals surface area contributed by atoms with E-state index in [4.69, 9.17) is 10.1 Å². The molecule has 1 atom stereocenters. The van der Waals surface area contributed by atoms with Crippen molar-refractivity contribution in [3.05, 3.63) is 58.4 Å². The Bertz CT molecular complexity index is 1450. The van der Waals surface area contributed by atoms with Gasteiger partial charge in [-0.25, -0.2) is 4.98 Å². The van der Waals surface area contributed by atoms with E-state index in [0.29, 0.717) is 43.1 Å². The highest BCUT2D eigenvalue weighted by Gasteiger charge is 2.33. The number of benzene rings is 1. The van der Waals surface area contributed by atoms with Gasteiger partial charge in [0.25, 0.3) is 5.91 Å². The molecule has 2 fully saturated rings. The standard InChI is InChI=1S/C29H37BN6O4/c1-34-14-12-31-26(37)11-9-18-8-10-20(29(30,39)40)15-21(18)28(38)35-13-3-2-7-24(35)23-16-25-32-22(19-5-4-6-19)17-27(34)36(25)33-23/h8,10,15-17,19,24,39-40H,2-7,9,11-14,30H2,1H3,(H,31,37). The highest BCUT2D eigenvalue weighted by molar-refractivity contribution is 6.13. The van der Waals surface area contributed by atoms with Crippen molar-refractivity contribution in [2.75, 3.05) is 31.6 Å². The monoisotopic (exact) mass is 544 g/mol. The van der Waals surface area contributed by atoms with Crippen LogP contribution in [-0.2, 0) is 16.9 Å². The molecule has 1 saturated carbocycles. The van der Waals surface area contributed by atoms with Gasteiger partial charge in [0, 0.05) is 68.0 Å². The molecule has 40 heavy (non-hydrogen) atoms. The molecule has 3 aromatic rings. The van der Waals surface area contributed by atoms with E-state index in [0.717, 1.165) is 55.0 Å². The minimum Gasteiger partial charge on any atom is -0.370 e. The number of piperidine rings is 1. The number of likely N-dealkylation sites (N-methyl/N-ethyl adjacent to an activating group) is 1. The molecule has 210 valence electrons. The highest BCUT2D eigenvalue weighted by atomic mass is 16.5. The summed E-state index contributed by atoms with van der Waals surface area (Å²) in [6.07, 6.45) is 6.73. The third-order valence-corrected chi connectivity index (χ3v) is 8.74. The number of anilines is 1. The van der Waals surface area contributed by atoms with Crippen LogP contribution in [0.25, 0.3) is 5.65 Å². The zero-order chi connectivity index (χ0) is 28.0. The van der Waals surface area contributed by atoms with Crippen LogP contribution in [0.5, 0.6) is 0 Å².